The highest BCUT2D eigenvalue weighted by molar-refractivity contribution is 5.77. The van der Waals surface area contributed by atoms with Gasteiger partial charge in [-0.25, -0.2) is 4.98 Å². The second-order valence-electron chi connectivity index (χ2n) is 5.00. The predicted molar refractivity (Wildman–Crippen MR) is 72.4 cm³/mol. The van der Waals surface area contributed by atoms with Gasteiger partial charge in [-0.05, 0) is 19.8 Å². The van der Waals surface area contributed by atoms with Crippen LogP contribution >= 0.6 is 0 Å². The van der Waals surface area contributed by atoms with Crippen molar-refractivity contribution in [2.75, 3.05) is 40.0 Å². The molecular weight excluding hydrogens is 260 g/mol. The van der Waals surface area contributed by atoms with Crippen molar-refractivity contribution < 1.29 is 14.3 Å². The first-order chi connectivity index (χ1) is 9.70. The molecule has 0 aliphatic carbocycles. The third-order valence-electron chi connectivity index (χ3n) is 3.41. The number of ether oxygens (including phenoxy) is 2. The first-order valence-corrected chi connectivity index (χ1v) is 6.94. The molecule has 1 N–H and O–H groups in total. The van der Waals surface area contributed by atoms with E-state index in [4.69, 9.17) is 9.47 Å². The summed E-state index contributed by atoms with van der Waals surface area (Å²) in [6, 6.07) is 0. The van der Waals surface area contributed by atoms with E-state index >= 15 is 0 Å². The lowest BCUT2D eigenvalue weighted by Gasteiger charge is -2.31. The van der Waals surface area contributed by atoms with Crippen molar-refractivity contribution in [3.8, 4) is 0 Å². The Balaban J connectivity index is 1.82. The number of likely N-dealkylation sites (tertiary alicyclic amines) is 1. The van der Waals surface area contributed by atoms with E-state index in [1.54, 1.807) is 7.11 Å². The van der Waals surface area contributed by atoms with Crippen LogP contribution in [0.4, 0.5) is 0 Å². The zero-order valence-corrected chi connectivity index (χ0v) is 12.1. The molecule has 20 heavy (non-hydrogen) atoms. The number of nitrogens with one attached hydrogen (secondary N) is 1. The first-order valence-electron chi connectivity index (χ1n) is 6.94. The lowest BCUT2D eigenvalue weighted by atomic mass is 9.97. The maximum atomic E-state index is 12.1. The maximum absolute atomic E-state index is 12.1. The van der Waals surface area contributed by atoms with Crippen LogP contribution < -0.4 is 0 Å². The predicted octanol–water partition coefficient (Wildman–Crippen LogP) is 0.482. The molecule has 1 aromatic rings. The highest BCUT2D eigenvalue weighted by Gasteiger charge is 2.26. The first kappa shape index (κ1) is 14.9. The van der Waals surface area contributed by atoms with Gasteiger partial charge in [-0.15, -0.1) is 0 Å². The summed E-state index contributed by atoms with van der Waals surface area (Å²) in [7, 11) is 1.61. The minimum absolute atomic E-state index is 0.0260. The van der Waals surface area contributed by atoms with Crippen LogP contribution in [0.15, 0.2) is 0 Å². The molecule has 0 radical (unpaired) electrons. The number of rotatable bonds is 6. The summed E-state index contributed by atoms with van der Waals surface area (Å²) >= 11 is 0. The van der Waals surface area contributed by atoms with Gasteiger partial charge in [-0.3, -0.25) is 9.89 Å². The molecule has 1 saturated heterocycles. The minimum atomic E-state index is 0.0260. The number of H-pyrrole nitrogens is 1. The van der Waals surface area contributed by atoms with Crippen LogP contribution in [-0.4, -0.2) is 66.0 Å². The summed E-state index contributed by atoms with van der Waals surface area (Å²) in [5.41, 5.74) is 0. The molecule has 2 heterocycles. The van der Waals surface area contributed by atoms with Crippen LogP contribution in [-0.2, 0) is 14.3 Å². The molecule has 0 bridgehead atoms. The summed E-state index contributed by atoms with van der Waals surface area (Å²) in [5.74, 6) is 1.86. The fourth-order valence-electron chi connectivity index (χ4n) is 2.35. The highest BCUT2D eigenvalue weighted by Crippen LogP contribution is 2.24. The third kappa shape index (κ3) is 4.01. The van der Waals surface area contributed by atoms with Crippen molar-refractivity contribution in [3.63, 3.8) is 0 Å². The summed E-state index contributed by atoms with van der Waals surface area (Å²) in [4.78, 5) is 18.3. The van der Waals surface area contributed by atoms with Gasteiger partial charge in [0.1, 0.15) is 12.4 Å². The van der Waals surface area contributed by atoms with E-state index in [0.717, 1.165) is 31.0 Å². The van der Waals surface area contributed by atoms with E-state index in [9.17, 15) is 4.79 Å². The second-order valence-corrected chi connectivity index (χ2v) is 5.00. The van der Waals surface area contributed by atoms with E-state index in [0.29, 0.717) is 19.8 Å². The fraction of sp³-hybridized carbons (Fsp3) is 0.769. The number of nitrogens with zero attached hydrogens (tertiary/aromatic N) is 3. The van der Waals surface area contributed by atoms with Gasteiger partial charge in [0, 0.05) is 26.1 Å². The van der Waals surface area contributed by atoms with Crippen LogP contribution in [0.2, 0.25) is 0 Å². The molecule has 0 unspecified atom stereocenters. The van der Waals surface area contributed by atoms with Gasteiger partial charge in [-0.2, -0.15) is 5.10 Å². The van der Waals surface area contributed by atoms with Gasteiger partial charge in [0.2, 0.25) is 5.91 Å². The molecule has 1 aromatic heterocycles. The minimum Gasteiger partial charge on any atom is -0.382 e. The summed E-state index contributed by atoms with van der Waals surface area (Å²) < 4.78 is 10.2. The monoisotopic (exact) mass is 282 g/mol. The van der Waals surface area contributed by atoms with Crippen molar-refractivity contribution in [2.45, 2.75) is 25.7 Å². The zero-order valence-electron chi connectivity index (χ0n) is 12.1. The number of piperidine rings is 1. The Morgan fingerprint density at radius 3 is 3.05 bits per heavy atom. The number of aromatic amines is 1. The molecule has 0 aromatic carbocycles. The molecule has 1 atom stereocenters. The number of amides is 1. The summed E-state index contributed by atoms with van der Waals surface area (Å²) in [5, 5.41) is 7.05. The van der Waals surface area contributed by atoms with Gasteiger partial charge in [0.15, 0.2) is 5.82 Å². The SMILES string of the molecule is COCCOCC(=O)N1CCC[C@H](c2n[nH]c(C)n2)C1. The number of hydrogen-bond acceptors (Lipinski definition) is 5. The lowest BCUT2D eigenvalue weighted by Crippen LogP contribution is -2.41. The molecule has 2 rings (SSSR count). The van der Waals surface area contributed by atoms with Crippen molar-refractivity contribution in [1.29, 1.82) is 0 Å². The van der Waals surface area contributed by atoms with E-state index in [1.165, 1.54) is 0 Å². The van der Waals surface area contributed by atoms with Gasteiger partial charge < -0.3 is 14.4 Å². The summed E-state index contributed by atoms with van der Waals surface area (Å²) in [6.07, 6.45) is 1.99. The quantitative estimate of drug-likeness (QED) is 0.768. The second kappa shape index (κ2) is 7.35. The van der Waals surface area contributed by atoms with Crippen molar-refractivity contribution in [1.82, 2.24) is 20.1 Å². The number of carbonyl (C=O) groups excluding carboxylic acids is 1. The highest BCUT2D eigenvalue weighted by atomic mass is 16.5. The Labute approximate surface area is 118 Å². The topological polar surface area (TPSA) is 80.3 Å². The van der Waals surface area contributed by atoms with Gasteiger partial charge in [0.05, 0.1) is 13.2 Å². The van der Waals surface area contributed by atoms with Crippen LogP contribution in [0, 0.1) is 6.92 Å². The number of aromatic nitrogens is 3. The Morgan fingerprint density at radius 1 is 1.50 bits per heavy atom. The van der Waals surface area contributed by atoms with Gasteiger partial charge in [-0.1, -0.05) is 0 Å². The number of methoxy groups -OCH3 is 1. The zero-order chi connectivity index (χ0) is 14.4. The molecule has 0 spiro atoms. The van der Waals surface area contributed by atoms with Crippen LogP contribution in [0.1, 0.15) is 30.4 Å². The molecular formula is C13H22N4O3. The van der Waals surface area contributed by atoms with E-state index in [-0.39, 0.29) is 18.4 Å². The van der Waals surface area contributed by atoms with Crippen molar-refractivity contribution in [2.24, 2.45) is 0 Å². The average molecular weight is 282 g/mol. The van der Waals surface area contributed by atoms with Crippen LogP contribution in [0.3, 0.4) is 0 Å². The number of aryl methyl sites for hydroxylation is 1. The Morgan fingerprint density at radius 2 is 2.35 bits per heavy atom. The molecule has 1 aliphatic rings. The molecule has 0 saturated carbocycles. The van der Waals surface area contributed by atoms with Crippen LogP contribution in [0.5, 0.6) is 0 Å². The Kier molecular flexibility index (Phi) is 5.49. The normalized spacial score (nSPS) is 19.3. The molecule has 1 aliphatic heterocycles. The standard InChI is InChI=1S/C13H22N4O3/c1-10-14-13(16-15-10)11-4-3-5-17(8-11)12(18)9-20-7-6-19-2/h11H,3-9H2,1-2H3,(H,14,15,16)/t11-/m0/s1. The van der Waals surface area contributed by atoms with Crippen LogP contribution in [0.25, 0.3) is 0 Å². The van der Waals surface area contributed by atoms with Gasteiger partial charge in [0.25, 0.3) is 0 Å². The van der Waals surface area contributed by atoms with E-state index < -0.39 is 0 Å². The van der Waals surface area contributed by atoms with Crippen molar-refractivity contribution >= 4 is 5.91 Å². The maximum Gasteiger partial charge on any atom is 0.248 e. The van der Waals surface area contributed by atoms with Gasteiger partial charge >= 0.3 is 0 Å². The molecule has 1 amide bonds. The summed E-state index contributed by atoms with van der Waals surface area (Å²) in [6.45, 7) is 4.40. The molecule has 7 nitrogen and oxygen atoms in total. The van der Waals surface area contributed by atoms with E-state index in [1.807, 2.05) is 11.8 Å². The third-order valence-corrected chi connectivity index (χ3v) is 3.41. The molecule has 7 heteroatoms. The largest absolute Gasteiger partial charge is 0.382 e. The molecule has 112 valence electrons. The average Bonchev–Trinajstić information content (AvgIpc) is 2.90. The molecule has 1 fully saturated rings. The van der Waals surface area contributed by atoms with E-state index in [2.05, 4.69) is 15.2 Å². The Bertz CT molecular complexity index is 435. The Hall–Kier alpha value is -1.47. The smallest absolute Gasteiger partial charge is 0.248 e. The lowest BCUT2D eigenvalue weighted by molar-refractivity contribution is -0.137. The fourth-order valence-corrected chi connectivity index (χ4v) is 2.35. The van der Waals surface area contributed by atoms with Crippen molar-refractivity contribution in [3.05, 3.63) is 11.6 Å². The number of hydrogen-bond donors (Lipinski definition) is 1. The number of carbonyl (C=O) groups is 1.